The second-order valence-corrected chi connectivity index (χ2v) is 10.9. The Bertz CT molecular complexity index is 1040. The van der Waals surface area contributed by atoms with Gasteiger partial charge in [-0.05, 0) is 90.6 Å². The van der Waals surface area contributed by atoms with Gasteiger partial charge in [0.15, 0.2) is 0 Å². The first-order chi connectivity index (χ1) is 16.9. The molecule has 35 heavy (non-hydrogen) atoms. The van der Waals surface area contributed by atoms with Gasteiger partial charge in [0, 0.05) is 13.7 Å². The summed E-state index contributed by atoms with van der Waals surface area (Å²) in [7, 11) is 1.67. The van der Waals surface area contributed by atoms with E-state index in [0.29, 0.717) is 19.1 Å². The summed E-state index contributed by atoms with van der Waals surface area (Å²) in [5.74, 6) is 1.33. The average Bonchev–Trinajstić information content (AvgIpc) is 2.87. The molecule has 6 heteroatoms. The van der Waals surface area contributed by atoms with Crippen LogP contribution in [0.1, 0.15) is 50.3 Å². The van der Waals surface area contributed by atoms with Crippen molar-refractivity contribution in [2.24, 2.45) is 11.3 Å². The number of alkyl carbamates (subject to hydrolysis) is 1. The lowest BCUT2D eigenvalue weighted by Crippen LogP contribution is -2.53. The van der Waals surface area contributed by atoms with Crippen molar-refractivity contribution in [3.8, 4) is 16.9 Å². The summed E-state index contributed by atoms with van der Waals surface area (Å²) in [6, 6.07) is 14.7. The summed E-state index contributed by atoms with van der Waals surface area (Å²) in [5.41, 5.74) is 4.64. The minimum Gasteiger partial charge on any atom is -0.491 e. The van der Waals surface area contributed by atoms with Crippen LogP contribution in [0.4, 0.5) is 4.79 Å². The molecule has 1 aliphatic carbocycles. The molecule has 2 bridgehead atoms. The number of piperidine rings is 3. The number of rotatable bonds is 7. The highest BCUT2D eigenvalue weighted by Crippen LogP contribution is 2.45. The Hall–Kier alpha value is -2.57. The summed E-state index contributed by atoms with van der Waals surface area (Å²) in [4.78, 5) is 15.5. The van der Waals surface area contributed by atoms with Crippen molar-refractivity contribution in [2.45, 2.75) is 51.7 Å². The Morgan fingerprint density at radius 1 is 1.09 bits per heavy atom. The molecule has 0 spiro atoms. The molecule has 2 atom stereocenters. The van der Waals surface area contributed by atoms with Crippen molar-refractivity contribution in [2.75, 3.05) is 40.0 Å². The van der Waals surface area contributed by atoms with Gasteiger partial charge in [0.2, 0.25) is 0 Å². The zero-order chi connectivity index (χ0) is 24.4. The van der Waals surface area contributed by atoms with Gasteiger partial charge in [0.25, 0.3) is 0 Å². The van der Waals surface area contributed by atoms with Crippen LogP contribution in [0.25, 0.3) is 11.1 Å². The van der Waals surface area contributed by atoms with Gasteiger partial charge in [-0.2, -0.15) is 0 Å². The minimum absolute atomic E-state index is 0.0101. The van der Waals surface area contributed by atoms with E-state index in [0.717, 1.165) is 62.2 Å². The molecule has 0 radical (unpaired) electrons. The third-order valence-electron chi connectivity index (χ3n) is 8.12. The molecule has 1 amide bonds. The maximum Gasteiger partial charge on any atom is 0.407 e. The van der Waals surface area contributed by atoms with E-state index in [9.17, 15) is 4.79 Å². The first kappa shape index (κ1) is 24.1. The standard InChI is InChI=1S/C29H38N2O4/c1-29(2)12-9-20-7-8-23(22-5-4-6-24(17-22)34-16-15-33-3)18-25(20)27(29)30-28(32)35-26-19-31-13-10-21(26)11-14-31/h4-8,17-18,21,26-27H,9-16,19H2,1-3H3,(H,30,32)/t26-,27?/m0/s1. The third kappa shape index (κ3) is 5.34. The minimum atomic E-state index is -0.284. The number of aryl methyl sites for hydroxylation is 1. The number of ether oxygens (including phenoxy) is 3. The van der Waals surface area contributed by atoms with Gasteiger partial charge in [0.05, 0.1) is 12.6 Å². The summed E-state index contributed by atoms with van der Waals surface area (Å²) in [6.45, 7) is 8.70. The van der Waals surface area contributed by atoms with Gasteiger partial charge in [-0.1, -0.05) is 38.1 Å². The van der Waals surface area contributed by atoms with Crippen LogP contribution in [0.15, 0.2) is 42.5 Å². The summed E-state index contributed by atoms with van der Waals surface area (Å²) in [6.07, 6.45) is 4.02. The lowest BCUT2D eigenvalue weighted by Gasteiger charge is -2.44. The van der Waals surface area contributed by atoms with E-state index in [1.165, 1.54) is 11.1 Å². The van der Waals surface area contributed by atoms with Crippen molar-refractivity contribution in [1.29, 1.82) is 0 Å². The summed E-state index contributed by atoms with van der Waals surface area (Å²) >= 11 is 0. The van der Waals surface area contributed by atoms with Crippen LogP contribution < -0.4 is 10.1 Å². The third-order valence-corrected chi connectivity index (χ3v) is 8.12. The molecular weight excluding hydrogens is 440 g/mol. The molecule has 2 aromatic rings. The van der Waals surface area contributed by atoms with E-state index in [1.807, 2.05) is 12.1 Å². The number of amides is 1. The van der Waals surface area contributed by atoms with E-state index in [1.54, 1.807) is 7.11 Å². The first-order valence-corrected chi connectivity index (χ1v) is 13.0. The van der Waals surface area contributed by atoms with Gasteiger partial charge in [0.1, 0.15) is 18.5 Å². The molecule has 1 unspecified atom stereocenters. The Morgan fingerprint density at radius 3 is 2.63 bits per heavy atom. The SMILES string of the molecule is COCCOc1cccc(-c2ccc3c(c2)C(NC(=O)O[C@H]2CN4CCC2CC4)C(C)(C)CC3)c1. The molecule has 3 fully saturated rings. The van der Waals surface area contributed by atoms with Crippen LogP contribution in [0.3, 0.4) is 0 Å². The molecule has 6 nitrogen and oxygen atoms in total. The highest BCUT2D eigenvalue weighted by atomic mass is 16.6. The summed E-state index contributed by atoms with van der Waals surface area (Å²) in [5, 5.41) is 3.28. The molecule has 0 saturated carbocycles. The number of carbonyl (C=O) groups excluding carboxylic acids is 1. The van der Waals surface area contributed by atoms with E-state index in [-0.39, 0.29) is 23.7 Å². The monoisotopic (exact) mass is 478 g/mol. The van der Waals surface area contributed by atoms with Crippen molar-refractivity contribution in [3.05, 3.63) is 53.6 Å². The molecule has 4 aliphatic rings. The Morgan fingerprint density at radius 2 is 1.89 bits per heavy atom. The van der Waals surface area contributed by atoms with Gasteiger partial charge >= 0.3 is 6.09 Å². The molecule has 188 valence electrons. The smallest absolute Gasteiger partial charge is 0.407 e. The average molecular weight is 479 g/mol. The maximum absolute atomic E-state index is 13.1. The Kier molecular flexibility index (Phi) is 7.03. The van der Waals surface area contributed by atoms with Gasteiger partial charge in [-0.15, -0.1) is 0 Å². The van der Waals surface area contributed by atoms with Crippen molar-refractivity contribution in [3.63, 3.8) is 0 Å². The van der Waals surface area contributed by atoms with E-state index < -0.39 is 0 Å². The van der Waals surface area contributed by atoms with E-state index in [4.69, 9.17) is 14.2 Å². The lowest BCUT2D eigenvalue weighted by atomic mass is 9.70. The van der Waals surface area contributed by atoms with Crippen molar-refractivity contribution >= 4 is 6.09 Å². The summed E-state index contributed by atoms with van der Waals surface area (Å²) < 4.78 is 16.9. The van der Waals surface area contributed by atoms with E-state index in [2.05, 4.69) is 54.4 Å². The fourth-order valence-electron chi connectivity index (χ4n) is 5.91. The molecule has 3 saturated heterocycles. The zero-order valence-corrected chi connectivity index (χ0v) is 21.2. The number of benzene rings is 2. The fraction of sp³-hybridized carbons (Fsp3) is 0.552. The van der Waals surface area contributed by atoms with Gasteiger partial charge < -0.3 is 19.5 Å². The maximum atomic E-state index is 13.1. The van der Waals surface area contributed by atoms with Crippen LogP contribution >= 0.6 is 0 Å². The van der Waals surface area contributed by atoms with Crippen LogP contribution in [0, 0.1) is 11.3 Å². The molecule has 1 N–H and O–H groups in total. The quantitative estimate of drug-likeness (QED) is 0.554. The van der Waals surface area contributed by atoms with Crippen LogP contribution in [-0.4, -0.2) is 57.1 Å². The van der Waals surface area contributed by atoms with Crippen LogP contribution in [0.5, 0.6) is 5.75 Å². The number of carbonyl (C=O) groups is 1. The van der Waals surface area contributed by atoms with Crippen molar-refractivity contribution < 1.29 is 19.0 Å². The number of nitrogens with zero attached hydrogens (tertiary/aromatic N) is 1. The van der Waals surface area contributed by atoms with Crippen LogP contribution in [0.2, 0.25) is 0 Å². The number of fused-ring (bicyclic) bond motifs is 4. The lowest BCUT2D eigenvalue weighted by molar-refractivity contribution is -0.0353. The molecule has 0 aromatic heterocycles. The molecule has 3 heterocycles. The normalized spacial score (nSPS) is 26.6. The predicted molar refractivity (Wildman–Crippen MR) is 137 cm³/mol. The zero-order valence-electron chi connectivity index (χ0n) is 21.2. The first-order valence-electron chi connectivity index (χ1n) is 13.0. The Labute approximate surface area is 208 Å². The fourth-order valence-corrected chi connectivity index (χ4v) is 5.91. The number of methoxy groups -OCH3 is 1. The van der Waals surface area contributed by atoms with E-state index >= 15 is 0 Å². The van der Waals surface area contributed by atoms with Crippen molar-refractivity contribution in [1.82, 2.24) is 10.2 Å². The second-order valence-electron chi connectivity index (χ2n) is 10.9. The topological polar surface area (TPSA) is 60.0 Å². The van der Waals surface area contributed by atoms with Gasteiger partial charge in [-0.25, -0.2) is 4.79 Å². The number of hydrogen-bond acceptors (Lipinski definition) is 5. The van der Waals surface area contributed by atoms with Gasteiger partial charge in [-0.3, -0.25) is 4.90 Å². The molecule has 3 aliphatic heterocycles. The highest BCUT2D eigenvalue weighted by Gasteiger charge is 2.40. The molecular formula is C29H38N2O4. The molecule has 6 rings (SSSR count). The number of nitrogens with one attached hydrogen (secondary N) is 1. The predicted octanol–water partition coefficient (Wildman–Crippen LogP) is 5.21. The highest BCUT2D eigenvalue weighted by molar-refractivity contribution is 5.70. The number of hydrogen-bond donors (Lipinski definition) is 1. The molecule has 2 aromatic carbocycles. The Balaban J connectivity index is 1.35. The second kappa shape index (κ2) is 10.2. The largest absolute Gasteiger partial charge is 0.491 e. The van der Waals surface area contributed by atoms with Crippen LogP contribution in [-0.2, 0) is 15.9 Å².